The molecule has 2 aliphatic heterocycles. The zero-order valence-electron chi connectivity index (χ0n) is 11.6. The predicted molar refractivity (Wildman–Crippen MR) is 80.6 cm³/mol. The first-order chi connectivity index (χ1) is 8.84. The van der Waals surface area contributed by atoms with Crippen molar-refractivity contribution in [1.82, 2.24) is 0 Å². The average Bonchev–Trinajstić information content (AvgIpc) is 2.39. The van der Waals surface area contributed by atoms with Gasteiger partial charge >= 0.3 is 0 Å². The van der Waals surface area contributed by atoms with Crippen LogP contribution in [0.2, 0.25) is 18.0 Å². The number of benzene rings is 1. The highest BCUT2D eigenvalue weighted by molar-refractivity contribution is 6.62. The molecule has 1 aromatic carbocycles. The normalized spacial score (nSPS) is 29.1. The Hall–Kier alpha value is -0.715. The third-order valence-electron chi connectivity index (χ3n) is 5.50. The molecule has 1 atom stereocenters. The molecule has 2 aliphatic rings. The van der Waals surface area contributed by atoms with Gasteiger partial charge in [0.25, 0.3) is 0 Å². The maximum Gasteiger partial charge on any atom is 0.146 e. The van der Waals surface area contributed by atoms with Crippen LogP contribution in [0.3, 0.4) is 0 Å². The van der Waals surface area contributed by atoms with E-state index in [1.807, 2.05) is 0 Å². The fourth-order valence-electron chi connectivity index (χ4n) is 4.53. The van der Waals surface area contributed by atoms with Gasteiger partial charge in [-0.3, -0.25) is 0 Å². The van der Waals surface area contributed by atoms with Crippen molar-refractivity contribution in [2.75, 3.05) is 0 Å². The summed E-state index contributed by atoms with van der Waals surface area (Å²) in [6.07, 6.45) is 10.5. The average molecular weight is 240 g/mol. The van der Waals surface area contributed by atoms with E-state index >= 15 is 0 Å². The molecule has 1 unspecified atom stereocenters. The van der Waals surface area contributed by atoms with Crippen molar-refractivity contribution in [3.05, 3.63) is 35.9 Å². The Balaban J connectivity index is 1.68. The molecule has 96 valence electrons. The lowest BCUT2D eigenvalue weighted by molar-refractivity contribution is 0.439. The minimum Gasteiger partial charge on any atom is -0.0670 e. The molecule has 2 fully saturated rings. The molecule has 18 heavy (non-hydrogen) atoms. The van der Waals surface area contributed by atoms with Crippen LogP contribution in [0.4, 0.5) is 0 Å². The quantitative estimate of drug-likeness (QED) is 0.621. The Bertz CT molecular complexity index is 350. The fraction of sp³-hybridized carbons (Fsp3) is 0.647. The van der Waals surface area contributed by atoms with Crippen molar-refractivity contribution in [3.8, 4) is 0 Å². The molecule has 0 nitrogen and oxygen atoms in total. The van der Waals surface area contributed by atoms with E-state index in [0.717, 1.165) is 24.3 Å². The number of hydrogen-bond donors (Lipinski definition) is 0. The molecule has 2 saturated heterocycles. The summed E-state index contributed by atoms with van der Waals surface area (Å²) in [5.41, 5.74) is 1.54. The summed E-state index contributed by atoms with van der Waals surface area (Å²) in [4.78, 5) is 0. The monoisotopic (exact) mass is 240 g/mol. The second kappa shape index (κ2) is 5.51. The van der Waals surface area contributed by atoms with Crippen LogP contribution in [-0.4, -0.2) is 6.71 Å². The van der Waals surface area contributed by atoms with Gasteiger partial charge in [-0.25, -0.2) is 0 Å². The summed E-state index contributed by atoms with van der Waals surface area (Å²) in [6, 6.07) is 11.1. The molecule has 0 aliphatic carbocycles. The van der Waals surface area contributed by atoms with Crippen LogP contribution in [-0.2, 0) is 0 Å². The highest BCUT2D eigenvalue weighted by atomic mass is 14.3. The first-order valence-corrected chi connectivity index (χ1v) is 7.89. The van der Waals surface area contributed by atoms with Gasteiger partial charge in [0.2, 0.25) is 0 Å². The van der Waals surface area contributed by atoms with E-state index in [9.17, 15) is 0 Å². The van der Waals surface area contributed by atoms with Gasteiger partial charge in [-0.2, -0.15) is 0 Å². The van der Waals surface area contributed by atoms with E-state index in [0.29, 0.717) is 0 Å². The standard InChI is InChI=1S/C17H25B/c1-14(15-7-3-2-4-8-15)13-18-16-9-5-10-17(18)12-6-11-16/h2-4,7-8,14,16-17H,5-6,9-13H2,1H3. The van der Waals surface area contributed by atoms with E-state index < -0.39 is 0 Å². The predicted octanol–water partition coefficient (Wildman–Crippen LogP) is 5.39. The molecule has 1 heteroatoms. The van der Waals surface area contributed by atoms with Gasteiger partial charge in [-0.1, -0.05) is 93.7 Å². The third-order valence-corrected chi connectivity index (χ3v) is 5.50. The van der Waals surface area contributed by atoms with Crippen molar-refractivity contribution >= 4 is 6.71 Å². The van der Waals surface area contributed by atoms with Crippen molar-refractivity contribution in [3.63, 3.8) is 0 Å². The maximum atomic E-state index is 2.43. The van der Waals surface area contributed by atoms with E-state index in [1.165, 1.54) is 44.8 Å². The zero-order valence-corrected chi connectivity index (χ0v) is 11.6. The molecule has 2 heterocycles. The SMILES string of the molecule is CC(CB1C2CCCC1CCC2)c1ccccc1. The van der Waals surface area contributed by atoms with Crippen LogP contribution >= 0.6 is 0 Å². The van der Waals surface area contributed by atoms with Crippen LogP contribution in [0.15, 0.2) is 30.3 Å². The first-order valence-electron chi connectivity index (χ1n) is 7.89. The molecular formula is C17H25B. The van der Waals surface area contributed by atoms with E-state index in [2.05, 4.69) is 37.3 Å². The Labute approximate surface area is 112 Å². The fourth-order valence-corrected chi connectivity index (χ4v) is 4.53. The highest BCUT2D eigenvalue weighted by Gasteiger charge is 2.39. The molecular weight excluding hydrogens is 215 g/mol. The van der Waals surface area contributed by atoms with Crippen LogP contribution in [0.25, 0.3) is 0 Å². The summed E-state index contributed by atoms with van der Waals surface area (Å²) in [5.74, 6) is 2.87. The zero-order chi connectivity index (χ0) is 12.4. The van der Waals surface area contributed by atoms with Gasteiger partial charge in [0.05, 0.1) is 0 Å². The summed E-state index contributed by atoms with van der Waals surface area (Å²) < 4.78 is 0. The highest BCUT2D eigenvalue weighted by Crippen LogP contribution is 2.49. The maximum absolute atomic E-state index is 2.43. The number of rotatable bonds is 3. The molecule has 0 spiro atoms. The molecule has 0 radical (unpaired) electrons. The first kappa shape index (κ1) is 12.3. The van der Waals surface area contributed by atoms with Gasteiger partial charge in [0.1, 0.15) is 6.71 Å². The van der Waals surface area contributed by atoms with Crippen molar-refractivity contribution in [1.29, 1.82) is 0 Å². The summed E-state index contributed by atoms with van der Waals surface area (Å²) >= 11 is 0. The summed E-state index contributed by atoms with van der Waals surface area (Å²) in [5, 5.41) is 0. The van der Waals surface area contributed by atoms with E-state index in [-0.39, 0.29) is 0 Å². The second-order valence-corrected chi connectivity index (χ2v) is 6.59. The van der Waals surface area contributed by atoms with Crippen LogP contribution in [0.1, 0.15) is 56.9 Å². The lowest BCUT2D eigenvalue weighted by Crippen LogP contribution is -2.35. The van der Waals surface area contributed by atoms with E-state index in [4.69, 9.17) is 0 Å². The lowest BCUT2D eigenvalue weighted by Gasteiger charge is -2.41. The molecule has 0 aromatic heterocycles. The van der Waals surface area contributed by atoms with Gasteiger partial charge in [0, 0.05) is 0 Å². The van der Waals surface area contributed by atoms with Gasteiger partial charge in [-0.05, 0) is 11.5 Å². The molecule has 0 saturated carbocycles. The Morgan fingerprint density at radius 1 is 1.00 bits per heavy atom. The number of fused-ring (bicyclic) bond motifs is 2. The van der Waals surface area contributed by atoms with Crippen molar-refractivity contribution in [2.24, 2.45) is 0 Å². The van der Waals surface area contributed by atoms with Gasteiger partial charge in [-0.15, -0.1) is 0 Å². The van der Waals surface area contributed by atoms with Crippen molar-refractivity contribution < 1.29 is 0 Å². The molecule has 3 rings (SSSR count). The molecule has 2 bridgehead atoms. The smallest absolute Gasteiger partial charge is 0.0670 e. The molecule has 1 aromatic rings. The van der Waals surface area contributed by atoms with Crippen LogP contribution < -0.4 is 0 Å². The Kier molecular flexibility index (Phi) is 3.77. The largest absolute Gasteiger partial charge is 0.146 e. The lowest BCUT2D eigenvalue weighted by atomic mass is 9.25. The Morgan fingerprint density at radius 2 is 1.56 bits per heavy atom. The minimum absolute atomic E-state index is 0.748. The van der Waals surface area contributed by atoms with E-state index in [1.54, 1.807) is 5.56 Å². The molecule has 0 amide bonds. The third kappa shape index (κ3) is 2.51. The number of hydrogen-bond acceptors (Lipinski definition) is 0. The summed E-state index contributed by atoms with van der Waals surface area (Å²) in [6.45, 7) is 3.46. The Morgan fingerprint density at radius 3 is 2.11 bits per heavy atom. The van der Waals surface area contributed by atoms with Crippen molar-refractivity contribution in [2.45, 2.75) is 69.3 Å². The second-order valence-electron chi connectivity index (χ2n) is 6.59. The van der Waals surface area contributed by atoms with Crippen LogP contribution in [0, 0.1) is 0 Å². The van der Waals surface area contributed by atoms with Crippen LogP contribution in [0.5, 0.6) is 0 Å². The minimum atomic E-state index is 0.748. The molecule has 0 N–H and O–H groups in total. The topological polar surface area (TPSA) is 0 Å². The van der Waals surface area contributed by atoms with Gasteiger partial charge < -0.3 is 0 Å². The van der Waals surface area contributed by atoms with Gasteiger partial charge in [0.15, 0.2) is 0 Å². The summed E-state index contributed by atoms with van der Waals surface area (Å²) in [7, 11) is 0.